The Hall–Kier alpha value is -3.30. The van der Waals surface area contributed by atoms with E-state index in [0.717, 1.165) is 16.2 Å². The van der Waals surface area contributed by atoms with Gasteiger partial charge in [-0.2, -0.15) is 5.26 Å². The fourth-order valence-electron chi connectivity index (χ4n) is 3.43. The zero-order valence-corrected chi connectivity index (χ0v) is 16.5. The highest BCUT2D eigenvalue weighted by atomic mass is 32.2. The third-order valence-corrected chi connectivity index (χ3v) is 5.88. The lowest BCUT2D eigenvalue weighted by atomic mass is 10.0. The Labute approximate surface area is 172 Å². The lowest BCUT2D eigenvalue weighted by molar-refractivity contribution is -0.137. The van der Waals surface area contributed by atoms with Crippen molar-refractivity contribution in [2.24, 2.45) is 0 Å². The number of carbonyl (C=O) groups is 1. The number of rotatable bonds is 7. The summed E-state index contributed by atoms with van der Waals surface area (Å²) in [6.45, 7) is 0.658. The van der Waals surface area contributed by atoms with Crippen molar-refractivity contribution < 1.29 is 9.90 Å². The predicted octanol–water partition coefficient (Wildman–Crippen LogP) is 5.07. The monoisotopic (exact) mass is 401 g/mol. The minimum Gasteiger partial charge on any atom is -0.481 e. The van der Waals surface area contributed by atoms with Crippen molar-refractivity contribution >= 4 is 39.5 Å². The minimum absolute atomic E-state index is 0.148. The molecule has 0 aliphatic heterocycles. The Kier molecular flexibility index (Phi) is 5.50. The first kappa shape index (κ1) is 19.0. The SMILES string of the molecule is N#Cc1ccc2c(c1)nc(SCCCC(=O)O)n2Cc1cccc2ccccc12. The first-order valence-corrected chi connectivity index (χ1v) is 10.4. The van der Waals surface area contributed by atoms with Crippen LogP contribution >= 0.6 is 11.8 Å². The maximum atomic E-state index is 10.8. The summed E-state index contributed by atoms with van der Waals surface area (Å²) in [5.74, 6) is -0.107. The molecular formula is C23H19N3O2S. The second kappa shape index (κ2) is 8.38. The molecule has 0 radical (unpaired) electrons. The van der Waals surface area contributed by atoms with Gasteiger partial charge in [-0.1, -0.05) is 54.2 Å². The van der Waals surface area contributed by atoms with E-state index in [2.05, 4.69) is 41.0 Å². The number of aromatic nitrogens is 2. The number of carboxylic acid groups (broad SMARTS) is 1. The van der Waals surface area contributed by atoms with Crippen LogP contribution in [0.3, 0.4) is 0 Å². The van der Waals surface area contributed by atoms with E-state index in [-0.39, 0.29) is 6.42 Å². The molecular weight excluding hydrogens is 382 g/mol. The predicted molar refractivity (Wildman–Crippen MR) is 115 cm³/mol. The van der Waals surface area contributed by atoms with Crippen LogP contribution in [0.5, 0.6) is 0 Å². The van der Waals surface area contributed by atoms with Crippen LogP contribution in [0, 0.1) is 11.3 Å². The standard InChI is InChI=1S/C23H19N3O2S/c24-14-16-10-11-21-20(13-16)25-23(29-12-4-9-22(27)28)26(21)15-18-7-3-6-17-5-1-2-8-19(17)18/h1-3,5-8,10-11,13H,4,9,12,15H2,(H,27,28). The molecule has 4 aromatic rings. The summed E-state index contributed by atoms with van der Waals surface area (Å²) in [6, 6.07) is 22.3. The summed E-state index contributed by atoms with van der Waals surface area (Å²) in [7, 11) is 0. The van der Waals surface area contributed by atoms with Crippen LogP contribution in [-0.4, -0.2) is 26.4 Å². The molecule has 1 heterocycles. The number of hydrogen-bond acceptors (Lipinski definition) is 4. The van der Waals surface area contributed by atoms with Crippen molar-refractivity contribution in [2.75, 3.05) is 5.75 Å². The van der Waals surface area contributed by atoms with Gasteiger partial charge < -0.3 is 9.67 Å². The molecule has 1 N–H and O–H groups in total. The second-order valence-corrected chi connectivity index (χ2v) is 7.84. The summed E-state index contributed by atoms with van der Waals surface area (Å²) in [5.41, 5.74) is 3.52. The van der Waals surface area contributed by atoms with E-state index in [1.807, 2.05) is 24.3 Å². The van der Waals surface area contributed by atoms with E-state index in [9.17, 15) is 10.1 Å². The molecule has 0 aliphatic rings. The number of nitrogens with zero attached hydrogens (tertiary/aromatic N) is 3. The van der Waals surface area contributed by atoms with Gasteiger partial charge in [-0.25, -0.2) is 4.98 Å². The number of hydrogen-bond donors (Lipinski definition) is 1. The number of carboxylic acids is 1. The van der Waals surface area contributed by atoms with Crippen LogP contribution in [0.1, 0.15) is 24.0 Å². The normalized spacial score (nSPS) is 11.0. The average molecular weight is 401 g/mol. The number of nitriles is 1. The topological polar surface area (TPSA) is 78.9 Å². The summed E-state index contributed by atoms with van der Waals surface area (Å²) >= 11 is 1.56. The Bertz CT molecular complexity index is 1230. The molecule has 4 rings (SSSR count). The zero-order chi connectivity index (χ0) is 20.2. The molecule has 0 amide bonds. The van der Waals surface area contributed by atoms with E-state index in [1.165, 1.54) is 16.3 Å². The van der Waals surface area contributed by atoms with Crippen molar-refractivity contribution in [1.82, 2.24) is 9.55 Å². The average Bonchev–Trinajstić information content (AvgIpc) is 3.07. The largest absolute Gasteiger partial charge is 0.481 e. The van der Waals surface area contributed by atoms with E-state index in [0.29, 0.717) is 24.3 Å². The molecule has 0 fully saturated rings. The highest BCUT2D eigenvalue weighted by Gasteiger charge is 2.14. The molecule has 3 aromatic carbocycles. The first-order chi connectivity index (χ1) is 14.2. The third kappa shape index (κ3) is 4.10. The third-order valence-electron chi connectivity index (χ3n) is 4.82. The quantitative estimate of drug-likeness (QED) is 0.346. The summed E-state index contributed by atoms with van der Waals surface area (Å²) < 4.78 is 2.16. The summed E-state index contributed by atoms with van der Waals surface area (Å²) in [6.07, 6.45) is 0.732. The Morgan fingerprint density at radius 3 is 2.79 bits per heavy atom. The maximum absolute atomic E-state index is 10.8. The summed E-state index contributed by atoms with van der Waals surface area (Å²) in [4.78, 5) is 15.5. The van der Waals surface area contributed by atoms with E-state index >= 15 is 0 Å². The summed E-state index contributed by atoms with van der Waals surface area (Å²) in [5, 5.41) is 21.3. The molecule has 6 heteroatoms. The Balaban J connectivity index is 1.73. The highest BCUT2D eigenvalue weighted by Crippen LogP contribution is 2.28. The first-order valence-electron chi connectivity index (χ1n) is 9.37. The van der Waals surface area contributed by atoms with E-state index in [4.69, 9.17) is 10.1 Å². The van der Waals surface area contributed by atoms with Gasteiger partial charge in [0, 0.05) is 12.2 Å². The fraction of sp³-hybridized carbons (Fsp3) is 0.174. The molecule has 0 spiro atoms. The van der Waals surface area contributed by atoms with Crippen molar-refractivity contribution in [3.63, 3.8) is 0 Å². The molecule has 144 valence electrons. The smallest absolute Gasteiger partial charge is 0.303 e. The van der Waals surface area contributed by atoms with Crippen LogP contribution in [0.4, 0.5) is 0 Å². The molecule has 0 saturated carbocycles. The molecule has 0 atom stereocenters. The molecule has 29 heavy (non-hydrogen) atoms. The van der Waals surface area contributed by atoms with Gasteiger partial charge in [0.2, 0.25) is 0 Å². The van der Waals surface area contributed by atoms with Crippen molar-refractivity contribution in [3.8, 4) is 6.07 Å². The Morgan fingerprint density at radius 2 is 1.97 bits per heavy atom. The fourth-order valence-corrected chi connectivity index (χ4v) is 4.38. The van der Waals surface area contributed by atoms with Crippen molar-refractivity contribution in [3.05, 3.63) is 71.8 Å². The number of fused-ring (bicyclic) bond motifs is 2. The van der Waals surface area contributed by atoms with Crippen LogP contribution in [0.2, 0.25) is 0 Å². The van der Waals surface area contributed by atoms with Crippen molar-refractivity contribution in [2.45, 2.75) is 24.5 Å². The number of benzene rings is 3. The minimum atomic E-state index is -0.784. The lowest BCUT2D eigenvalue weighted by Gasteiger charge is -2.11. The lowest BCUT2D eigenvalue weighted by Crippen LogP contribution is -2.03. The maximum Gasteiger partial charge on any atom is 0.303 e. The van der Waals surface area contributed by atoms with Crippen LogP contribution < -0.4 is 0 Å². The second-order valence-electron chi connectivity index (χ2n) is 6.78. The van der Waals surface area contributed by atoms with Gasteiger partial charge in [0.15, 0.2) is 5.16 Å². The van der Waals surface area contributed by atoms with Crippen LogP contribution in [-0.2, 0) is 11.3 Å². The molecule has 1 aromatic heterocycles. The van der Waals surface area contributed by atoms with Gasteiger partial charge in [0.05, 0.1) is 29.2 Å². The van der Waals surface area contributed by atoms with Gasteiger partial charge in [0.25, 0.3) is 0 Å². The number of imidazole rings is 1. The van der Waals surface area contributed by atoms with Gasteiger partial charge in [-0.3, -0.25) is 4.79 Å². The van der Waals surface area contributed by atoms with E-state index in [1.54, 1.807) is 17.8 Å². The van der Waals surface area contributed by atoms with Crippen molar-refractivity contribution in [1.29, 1.82) is 5.26 Å². The highest BCUT2D eigenvalue weighted by molar-refractivity contribution is 7.99. The van der Waals surface area contributed by atoms with Gasteiger partial charge in [-0.15, -0.1) is 0 Å². The molecule has 0 aliphatic carbocycles. The number of aliphatic carboxylic acids is 1. The zero-order valence-electron chi connectivity index (χ0n) is 15.7. The van der Waals surface area contributed by atoms with Crippen LogP contribution in [0.25, 0.3) is 21.8 Å². The van der Waals surface area contributed by atoms with Gasteiger partial charge in [0.1, 0.15) is 0 Å². The van der Waals surface area contributed by atoms with E-state index < -0.39 is 5.97 Å². The molecule has 0 saturated heterocycles. The molecule has 0 bridgehead atoms. The molecule has 0 unspecified atom stereocenters. The van der Waals surface area contributed by atoms with Gasteiger partial charge in [-0.05, 0) is 41.0 Å². The van der Waals surface area contributed by atoms with Gasteiger partial charge >= 0.3 is 5.97 Å². The molecule has 5 nitrogen and oxygen atoms in total. The Morgan fingerprint density at radius 1 is 1.14 bits per heavy atom. The number of thioether (sulfide) groups is 1. The van der Waals surface area contributed by atoms with Crippen LogP contribution in [0.15, 0.2) is 65.8 Å².